The van der Waals surface area contributed by atoms with Gasteiger partial charge < -0.3 is 14.5 Å². The summed E-state index contributed by atoms with van der Waals surface area (Å²) in [4.78, 5) is 21.7. The Morgan fingerprint density at radius 3 is 2.86 bits per heavy atom. The molecule has 22 heavy (non-hydrogen) atoms. The lowest BCUT2D eigenvalue weighted by Crippen LogP contribution is -2.49. The summed E-state index contributed by atoms with van der Waals surface area (Å²) < 4.78 is 6.53. The first-order chi connectivity index (χ1) is 10.8. The van der Waals surface area contributed by atoms with Crippen LogP contribution in [-0.2, 0) is 9.53 Å². The summed E-state index contributed by atoms with van der Waals surface area (Å²) >= 11 is 1.68. The number of thiazole rings is 1. The third-order valence-corrected chi connectivity index (χ3v) is 5.46. The molecule has 0 bridgehead atoms. The predicted molar refractivity (Wildman–Crippen MR) is 87.4 cm³/mol. The van der Waals surface area contributed by atoms with Crippen molar-refractivity contribution in [3.8, 4) is 0 Å². The average Bonchev–Trinajstić information content (AvgIpc) is 3.21. The van der Waals surface area contributed by atoms with Gasteiger partial charge in [-0.15, -0.1) is 0 Å². The summed E-state index contributed by atoms with van der Waals surface area (Å²) in [6.07, 6.45) is 1.97. The molecule has 0 saturated carbocycles. The second kappa shape index (κ2) is 5.85. The van der Waals surface area contributed by atoms with Gasteiger partial charge in [-0.3, -0.25) is 4.79 Å². The number of carbonyl (C=O) groups is 1. The van der Waals surface area contributed by atoms with Crippen LogP contribution >= 0.6 is 11.3 Å². The van der Waals surface area contributed by atoms with E-state index in [0.717, 1.165) is 30.0 Å². The first kappa shape index (κ1) is 14.0. The Balaban J connectivity index is 1.58. The molecule has 2 aromatic rings. The van der Waals surface area contributed by atoms with Crippen LogP contribution in [0.4, 0.5) is 5.13 Å². The fourth-order valence-corrected chi connectivity index (χ4v) is 4.27. The Morgan fingerprint density at radius 1 is 1.23 bits per heavy atom. The van der Waals surface area contributed by atoms with Crippen LogP contribution in [-0.4, -0.2) is 54.7 Å². The van der Waals surface area contributed by atoms with Crippen LogP contribution in [0.5, 0.6) is 0 Å². The molecule has 3 heterocycles. The minimum Gasteiger partial charge on any atom is -0.378 e. The van der Waals surface area contributed by atoms with Gasteiger partial charge in [-0.05, 0) is 25.0 Å². The number of fused-ring (bicyclic) bond motifs is 1. The van der Waals surface area contributed by atoms with E-state index in [1.165, 1.54) is 4.70 Å². The van der Waals surface area contributed by atoms with E-state index in [9.17, 15) is 4.79 Å². The zero-order valence-electron chi connectivity index (χ0n) is 12.4. The highest BCUT2D eigenvalue weighted by atomic mass is 32.1. The van der Waals surface area contributed by atoms with Gasteiger partial charge in [0, 0.05) is 19.6 Å². The number of amides is 1. The molecule has 5 nitrogen and oxygen atoms in total. The smallest absolute Gasteiger partial charge is 0.245 e. The largest absolute Gasteiger partial charge is 0.378 e. The van der Waals surface area contributed by atoms with Crippen molar-refractivity contribution in [2.45, 2.75) is 18.9 Å². The summed E-state index contributed by atoms with van der Waals surface area (Å²) in [6.45, 7) is 3.64. The molecule has 2 aliphatic heterocycles. The maximum Gasteiger partial charge on any atom is 0.245 e. The van der Waals surface area contributed by atoms with Crippen LogP contribution in [0.2, 0.25) is 0 Å². The van der Waals surface area contributed by atoms with E-state index in [-0.39, 0.29) is 11.9 Å². The molecule has 6 heteroatoms. The van der Waals surface area contributed by atoms with Gasteiger partial charge in [0.1, 0.15) is 6.04 Å². The Labute approximate surface area is 133 Å². The average molecular weight is 317 g/mol. The lowest BCUT2D eigenvalue weighted by atomic mass is 10.2. The van der Waals surface area contributed by atoms with Crippen LogP contribution in [0.15, 0.2) is 24.3 Å². The Bertz CT molecular complexity index is 648. The zero-order valence-corrected chi connectivity index (χ0v) is 13.2. The van der Waals surface area contributed by atoms with Crippen molar-refractivity contribution in [1.29, 1.82) is 0 Å². The van der Waals surface area contributed by atoms with E-state index in [1.807, 2.05) is 23.1 Å². The highest BCUT2D eigenvalue weighted by molar-refractivity contribution is 7.22. The molecule has 1 aromatic heterocycles. The van der Waals surface area contributed by atoms with Gasteiger partial charge in [0.15, 0.2) is 5.13 Å². The number of morpholine rings is 1. The van der Waals surface area contributed by atoms with Gasteiger partial charge in [-0.25, -0.2) is 4.98 Å². The molecular weight excluding hydrogens is 298 g/mol. The number of para-hydroxylation sites is 1. The van der Waals surface area contributed by atoms with Crippen LogP contribution < -0.4 is 4.90 Å². The van der Waals surface area contributed by atoms with E-state index >= 15 is 0 Å². The predicted octanol–water partition coefficient (Wildman–Crippen LogP) is 2.12. The molecule has 116 valence electrons. The number of benzene rings is 1. The number of rotatable bonds is 2. The Kier molecular flexibility index (Phi) is 3.72. The van der Waals surface area contributed by atoms with Gasteiger partial charge in [-0.1, -0.05) is 23.5 Å². The number of ether oxygens (including phenoxy) is 1. The molecule has 2 fully saturated rings. The topological polar surface area (TPSA) is 45.7 Å². The highest BCUT2D eigenvalue weighted by Gasteiger charge is 2.35. The third kappa shape index (κ3) is 2.46. The molecular formula is C16H19N3O2S. The van der Waals surface area contributed by atoms with Crippen LogP contribution in [0, 0.1) is 0 Å². The summed E-state index contributed by atoms with van der Waals surface area (Å²) in [5.74, 6) is 0.236. The van der Waals surface area contributed by atoms with Gasteiger partial charge in [-0.2, -0.15) is 0 Å². The van der Waals surface area contributed by atoms with Crippen LogP contribution in [0.25, 0.3) is 10.2 Å². The maximum atomic E-state index is 12.8. The molecule has 0 unspecified atom stereocenters. The van der Waals surface area contributed by atoms with Gasteiger partial charge in [0.2, 0.25) is 5.91 Å². The summed E-state index contributed by atoms with van der Waals surface area (Å²) in [6, 6.07) is 8.10. The number of nitrogens with zero attached hydrogens (tertiary/aromatic N) is 3. The molecule has 0 spiro atoms. The molecule has 1 aromatic carbocycles. The van der Waals surface area contributed by atoms with E-state index < -0.39 is 0 Å². The van der Waals surface area contributed by atoms with Crippen molar-refractivity contribution in [2.75, 3.05) is 37.7 Å². The van der Waals surface area contributed by atoms with E-state index in [2.05, 4.69) is 11.0 Å². The second-order valence-electron chi connectivity index (χ2n) is 5.75. The fraction of sp³-hybridized carbons (Fsp3) is 0.500. The Morgan fingerprint density at radius 2 is 2.05 bits per heavy atom. The van der Waals surface area contributed by atoms with Crippen molar-refractivity contribution in [1.82, 2.24) is 9.88 Å². The standard InChI is InChI=1S/C16H19N3O2S/c20-15(18-8-10-21-11-9-18)13-5-3-7-19(13)16-17-12-4-1-2-6-14(12)22-16/h1-2,4,6,13H,3,5,7-11H2/t13-/m1/s1. The zero-order chi connectivity index (χ0) is 14.9. The van der Waals surface area contributed by atoms with E-state index in [4.69, 9.17) is 9.72 Å². The monoisotopic (exact) mass is 317 g/mol. The molecule has 0 N–H and O–H groups in total. The van der Waals surface area contributed by atoms with Crippen molar-refractivity contribution >= 4 is 32.6 Å². The second-order valence-corrected chi connectivity index (χ2v) is 6.76. The first-order valence-electron chi connectivity index (χ1n) is 7.82. The molecule has 4 rings (SSSR count). The highest BCUT2D eigenvalue weighted by Crippen LogP contribution is 2.33. The number of anilines is 1. The quantitative estimate of drug-likeness (QED) is 0.851. The van der Waals surface area contributed by atoms with Crippen molar-refractivity contribution < 1.29 is 9.53 Å². The SMILES string of the molecule is O=C([C@H]1CCCN1c1nc2ccccc2s1)N1CCOCC1. The third-order valence-electron chi connectivity index (χ3n) is 4.39. The lowest BCUT2D eigenvalue weighted by molar-refractivity contribution is -0.136. The minimum atomic E-state index is -0.0568. The number of carbonyl (C=O) groups excluding carboxylic acids is 1. The minimum absolute atomic E-state index is 0.0568. The van der Waals surface area contributed by atoms with Crippen molar-refractivity contribution in [3.63, 3.8) is 0 Å². The summed E-state index contributed by atoms with van der Waals surface area (Å²) in [5.41, 5.74) is 1.02. The summed E-state index contributed by atoms with van der Waals surface area (Å²) in [5, 5.41) is 0.977. The normalized spacial score (nSPS) is 22.5. The molecule has 0 radical (unpaired) electrons. The van der Waals surface area contributed by atoms with Crippen molar-refractivity contribution in [2.24, 2.45) is 0 Å². The van der Waals surface area contributed by atoms with Gasteiger partial charge in [0.25, 0.3) is 0 Å². The maximum absolute atomic E-state index is 12.8. The molecule has 2 saturated heterocycles. The fourth-order valence-electron chi connectivity index (χ4n) is 3.23. The molecule has 1 amide bonds. The number of hydrogen-bond acceptors (Lipinski definition) is 5. The first-order valence-corrected chi connectivity index (χ1v) is 8.63. The molecule has 0 aliphatic carbocycles. The van der Waals surface area contributed by atoms with E-state index in [1.54, 1.807) is 11.3 Å². The van der Waals surface area contributed by atoms with Crippen LogP contribution in [0.3, 0.4) is 0 Å². The number of aromatic nitrogens is 1. The van der Waals surface area contributed by atoms with E-state index in [0.29, 0.717) is 26.3 Å². The lowest BCUT2D eigenvalue weighted by Gasteiger charge is -2.32. The van der Waals surface area contributed by atoms with Crippen LogP contribution in [0.1, 0.15) is 12.8 Å². The Hall–Kier alpha value is -1.66. The number of hydrogen-bond donors (Lipinski definition) is 0. The molecule has 1 atom stereocenters. The van der Waals surface area contributed by atoms with Crippen molar-refractivity contribution in [3.05, 3.63) is 24.3 Å². The van der Waals surface area contributed by atoms with Gasteiger partial charge >= 0.3 is 0 Å². The van der Waals surface area contributed by atoms with Gasteiger partial charge in [0.05, 0.1) is 23.4 Å². The summed E-state index contributed by atoms with van der Waals surface area (Å²) in [7, 11) is 0. The molecule has 2 aliphatic rings.